The number of hydrogen-bond donors (Lipinski definition) is 0. The number of aromatic nitrogens is 2. The van der Waals surface area contributed by atoms with Crippen molar-refractivity contribution in [1.82, 2.24) is 9.55 Å². The van der Waals surface area contributed by atoms with Crippen LogP contribution in [0.1, 0.15) is 56.6 Å². The van der Waals surface area contributed by atoms with Gasteiger partial charge in [0.25, 0.3) is 0 Å². The van der Waals surface area contributed by atoms with Crippen LogP contribution in [0, 0.1) is 0 Å². The molecule has 0 N–H and O–H groups in total. The Morgan fingerprint density at radius 2 is 2.09 bits per heavy atom. The van der Waals surface area contributed by atoms with E-state index in [0.29, 0.717) is 19.3 Å². The van der Waals surface area contributed by atoms with Gasteiger partial charge in [0.2, 0.25) is 0 Å². The van der Waals surface area contributed by atoms with E-state index in [4.69, 9.17) is 11.6 Å². The number of fused-ring (bicyclic) bond motifs is 3. The second-order valence-electron chi connectivity index (χ2n) is 6.65. The molecule has 4 rings (SSSR count). The summed E-state index contributed by atoms with van der Waals surface area (Å²) in [5.41, 5.74) is 2.40. The van der Waals surface area contributed by atoms with E-state index in [1.54, 1.807) is 0 Å². The molecule has 2 heterocycles. The minimum absolute atomic E-state index is 0.121. The highest BCUT2D eigenvalue weighted by atomic mass is 35.5. The lowest BCUT2D eigenvalue weighted by atomic mass is 9.82. The highest BCUT2D eigenvalue weighted by Crippen LogP contribution is 2.46. The molecule has 1 saturated carbocycles. The molecule has 1 atom stereocenters. The van der Waals surface area contributed by atoms with Crippen molar-refractivity contribution in [2.24, 2.45) is 0 Å². The predicted octanol–water partition coefficient (Wildman–Crippen LogP) is 5.56. The average molecular weight is 319 g/mol. The number of halogens is 2. The van der Waals surface area contributed by atoms with Crippen LogP contribution in [-0.2, 0) is 0 Å². The smallest absolute Gasteiger partial charge is 0.111 e. The Morgan fingerprint density at radius 1 is 1.27 bits per heavy atom. The number of rotatable bonds is 3. The van der Waals surface area contributed by atoms with Gasteiger partial charge in [-0.1, -0.05) is 43.0 Å². The Labute approximate surface area is 135 Å². The lowest BCUT2D eigenvalue weighted by molar-refractivity contribution is 0.0903. The van der Waals surface area contributed by atoms with Gasteiger partial charge in [-0.15, -0.1) is 0 Å². The SMILES string of the molecule is FC1(CC[C@H]2c3c(Cl)cccc3-c3cncn32)CCCCC1. The van der Waals surface area contributed by atoms with Gasteiger partial charge in [-0.05, 0) is 31.7 Å². The fraction of sp³-hybridized carbons (Fsp3) is 0.500. The minimum Gasteiger partial charge on any atom is -0.323 e. The van der Waals surface area contributed by atoms with E-state index in [2.05, 4.69) is 15.6 Å². The molecule has 1 fully saturated rings. The zero-order valence-corrected chi connectivity index (χ0v) is 13.3. The lowest BCUT2D eigenvalue weighted by Crippen LogP contribution is -2.27. The van der Waals surface area contributed by atoms with Crippen molar-refractivity contribution in [3.05, 3.63) is 41.3 Å². The first-order chi connectivity index (χ1) is 10.7. The van der Waals surface area contributed by atoms with Crippen molar-refractivity contribution < 1.29 is 4.39 Å². The largest absolute Gasteiger partial charge is 0.323 e. The highest BCUT2D eigenvalue weighted by Gasteiger charge is 2.36. The lowest BCUT2D eigenvalue weighted by Gasteiger charge is -2.30. The van der Waals surface area contributed by atoms with Crippen molar-refractivity contribution >= 4 is 11.6 Å². The molecule has 1 aromatic heterocycles. The van der Waals surface area contributed by atoms with Crippen molar-refractivity contribution in [1.29, 1.82) is 0 Å². The highest BCUT2D eigenvalue weighted by molar-refractivity contribution is 6.32. The van der Waals surface area contributed by atoms with Crippen LogP contribution in [0.2, 0.25) is 5.02 Å². The fourth-order valence-electron chi connectivity index (χ4n) is 4.11. The topological polar surface area (TPSA) is 17.8 Å². The second kappa shape index (κ2) is 5.38. The number of imidazole rings is 1. The summed E-state index contributed by atoms with van der Waals surface area (Å²) in [4.78, 5) is 4.26. The molecule has 1 aromatic carbocycles. The normalized spacial score (nSPS) is 22.4. The van der Waals surface area contributed by atoms with Gasteiger partial charge >= 0.3 is 0 Å². The van der Waals surface area contributed by atoms with Crippen LogP contribution in [0.15, 0.2) is 30.7 Å². The Bertz CT molecular complexity index is 688. The summed E-state index contributed by atoms with van der Waals surface area (Å²) in [6.45, 7) is 0. The summed E-state index contributed by atoms with van der Waals surface area (Å²) in [6, 6.07) is 6.11. The summed E-state index contributed by atoms with van der Waals surface area (Å²) < 4.78 is 17.1. The molecule has 0 saturated heterocycles. The molecule has 2 nitrogen and oxygen atoms in total. The van der Waals surface area contributed by atoms with Gasteiger partial charge in [-0.25, -0.2) is 9.37 Å². The number of hydrogen-bond acceptors (Lipinski definition) is 1. The molecule has 0 bridgehead atoms. The third-order valence-electron chi connectivity index (χ3n) is 5.28. The maximum Gasteiger partial charge on any atom is 0.111 e. The summed E-state index contributed by atoms with van der Waals surface area (Å²) in [5.74, 6) is 0. The molecule has 116 valence electrons. The molecule has 1 aliphatic carbocycles. The van der Waals surface area contributed by atoms with E-state index in [0.717, 1.165) is 41.1 Å². The third-order valence-corrected chi connectivity index (χ3v) is 5.61. The molecule has 0 radical (unpaired) electrons. The van der Waals surface area contributed by atoms with Gasteiger partial charge < -0.3 is 4.57 Å². The van der Waals surface area contributed by atoms with Gasteiger partial charge in [-0.3, -0.25) is 0 Å². The van der Waals surface area contributed by atoms with Crippen molar-refractivity contribution in [2.45, 2.75) is 56.7 Å². The summed E-state index contributed by atoms with van der Waals surface area (Å²) in [6.07, 6.45) is 9.77. The first-order valence-electron chi connectivity index (χ1n) is 8.17. The summed E-state index contributed by atoms with van der Waals surface area (Å²) >= 11 is 6.44. The summed E-state index contributed by atoms with van der Waals surface area (Å²) in [5, 5.41) is 0.780. The number of benzene rings is 1. The van der Waals surface area contributed by atoms with Gasteiger partial charge in [-0.2, -0.15) is 0 Å². The first kappa shape index (κ1) is 14.3. The molecule has 2 aromatic rings. The zero-order chi connectivity index (χ0) is 15.2. The maximum atomic E-state index is 14.9. The standard InChI is InChI=1S/C18H20ClFN2/c19-14-6-4-5-13-16-11-21-12-22(16)15(17(13)14)7-10-18(20)8-2-1-3-9-18/h4-6,11-12,15H,1-3,7-10H2/t15-/m0/s1. The molecule has 0 spiro atoms. The Balaban J connectivity index is 1.62. The molecule has 2 aliphatic rings. The Hall–Kier alpha value is -1.35. The van der Waals surface area contributed by atoms with Crippen LogP contribution < -0.4 is 0 Å². The Kier molecular flexibility index (Phi) is 3.48. The fourth-order valence-corrected chi connectivity index (χ4v) is 4.41. The summed E-state index contributed by atoms with van der Waals surface area (Å²) in [7, 11) is 0. The van der Waals surface area contributed by atoms with E-state index in [1.165, 1.54) is 6.42 Å². The van der Waals surface area contributed by atoms with E-state index < -0.39 is 5.67 Å². The van der Waals surface area contributed by atoms with E-state index >= 15 is 0 Å². The predicted molar refractivity (Wildman–Crippen MR) is 87.0 cm³/mol. The van der Waals surface area contributed by atoms with E-state index in [-0.39, 0.29) is 6.04 Å². The maximum absolute atomic E-state index is 14.9. The van der Waals surface area contributed by atoms with Crippen molar-refractivity contribution in [2.75, 3.05) is 0 Å². The van der Waals surface area contributed by atoms with E-state index in [1.807, 2.05) is 24.7 Å². The van der Waals surface area contributed by atoms with Crippen LogP contribution >= 0.6 is 11.6 Å². The zero-order valence-electron chi connectivity index (χ0n) is 12.6. The van der Waals surface area contributed by atoms with Crippen LogP contribution in [0.5, 0.6) is 0 Å². The first-order valence-corrected chi connectivity index (χ1v) is 8.55. The van der Waals surface area contributed by atoms with Crippen molar-refractivity contribution in [3.8, 4) is 11.3 Å². The molecular formula is C18H20ClFN2. The van der Waals surface area contributed by atoms with Gasteiger partial charge in [0.1, 0.15) is 5.67 Å². The molecule has 22 heavy (non-hydrogen) atoms. The molecule has 1 aliphatic heterocycles. The van der Waals surface area contributed by atoms with Crippen LogP contribution in [0.4, 0.5) is 4.39 Å². The molecule has 0 amide bonds. The van der Waals surface area contributed by atoms with Crippen molar-refractivity contribution in [3.63, 3.8) is 0 Å². The molecule has 0 unspecified atom stereocenters. The second-order valence-corrected chi connectivity index (χ2v) is 7.06. The number of nitrogens with zero attached hydrogens (tertiary/aromatic N) is 2. The Morgan fingerprint density at radius 3 is 2.91 bits per heavy atom. The molecule has 4 heteroatoms. The monoisotopic (exact) mass is 318 g/mol. The van der Waals surface area contributed by atoms with Crippen LogP contribution in [0.25, 0.3) is 11.3 Å². The quantitative estimate of drug-likeness (QED) is 0.724. The van der Waals surface area contributed by atoms with Gasteiger partial charge in [0.05, 0.1) is 24.3 Å². The van der Waals surface area contributed by atoms with Crippen LogP contribution in [-0.4, -0.2) is 15.2 Å². The average Bonchev–Trinajstić information content (AvgIpc) is 3.08. The van der Waals surface area contributed by atoms with Crippen LogP contribution in [0.3, 0.4) is 0 Å². The minimum atomic E-state index is -0.983. The van der Waals surface area contributed by atoms with E-state index in [9.17, 15) is 4.39 Å². The number of alkyl halides is 1. The molecular weight excluding hydrogens is 299 g/mol. The van der Waals surface area contributed by atoms with Gasteiger partial charge in [0.15, 0.2) is 0 Å². The third kappa shape index (κ3) is 2.26. The van der Waals surface area contributed by atoms with Gasteiger partial charge in [0, 0.05) is 16.1 Å².